The number of carbonyl (C=O) groups is 3. The molecule has 2 amide bonds. The van der Waals surface area contributed by atoms with Crippen molar-refractivity contribution in [1.29, 1.82) is 0 Å². The van der Waals surface area contributed by atoms with E-state index < -0.39 is 101 Å². The Bertz CT molecular complexity index is 1170. The van der Waals surface area contributed by atoms with E-state index in [4.69, 9.17) is 28.2 Å². The van der Waals surface area contributed by atoms with E-state index in [-0.39, 0.29) is 18.9 Å². The molecule has 18 nitrogen and oxygen atoms in total. The maximum atomic E-state index is 13.4. The highest BCUT2D eigenvalue weighted by atomic mass is 32.3. The smallest absolute Gasteiger partial charge is 0.397 e. The summed E-state index contributed by atoms with van der Waals surface area (Å²) in [5.41, 5.74) is -1.82. The Morgan fingerprint density at radius 3 is 2.00 bits per heavy atom. The third-order valence-corrected chi connectivity index (χ3v) is 7.50. The first-order chi connectivity index (χ1) is 22.0. The number of hydrogen-bond donors (Lipinski definition) is 6. The Kier molecular flexibility index (Phi) is 15.6. The van der Waals surface area contributed by atoms with E-state index in [1.165, 1.54) is 14.0 Å². The van der Waals surface area contributed by atoms with Crippen LogP contribution >= 0.6 is 0 Å². The van der Waals surface area contributed by atoms with Crippen LogP contribution in [0, 0.1) is 0 Å². The summed E-state index contributed by atoms with van der Waals surface area (Å²) >= 11 is 0. The van der Waals surface area contributed by atoms with Crippen molar-refractivity contribution in [3.05, 3.63) is 0 Å². The number of rotatable bonds is 15. The summed E-state index contributed by atoms with van der Waals surface area (Å²) in [6.07, 6.45) is -12.8. The van der Waals surface area contributed by atoms with Crippen molar-refractivity contribution in [2.24, 2.45) is 0 Å². The predicted molar refractivity (Wildman–Crippen MR) is 164 cm³/mol. The van der Waals surface area contributed by atoms with Crippen LogP contribution in [0.1, 0.15) is 74.1 Å². The molecular weight excluding hydrogens is 664 g/mol. The molecule has 0 aliphatic carbocycles. The Labute approximate surface area is 281 Å². The lowest BCUT2D eigenvalue weighted by molar-refractivity contribution is -0.350. The number of aliphatic hydroxyl groups is 3. The number of esters is 1. The summed E-state index contributed by atoms with van der Waals surface area (Å²) in [6, 6.07) is -1.31. The molecule has 0 aromatic carbocycles. The van der Waals surface area contributed by atoms with Crippen LogP contribution in [0.2, 0.25) is 0 Å². The largest absolute Gasteiger partial charge is 0.469 e. The zero-order valence-corrected chi connectivity index (χ0v) is 29.4. The van der Waals surface area contributed by atoms with Gasteiger partial charge in [-0.1, -0.05) is 6.42 Å². The average molecular weight is 717 g/mol. The minimum atomic E-state index is -4.97. The lowest BCUT2D eigenvalue weighted by Crippen LogP contribution is -2.69. The van der Waals surface area contributed by atoms with Crippen LogP contribution in [0.25, 0.3) is 0 Å². The van der Waals surface area contributed by atoms with E-state index in [1.54, 1.807) is 41.5 Å². The molecule has 0 aromatic rings. The maximum Gasteiger partial charge on any atom is 0.397 e. The molecule has 2 saturated heterocycles. The van der Waals surface area contributed by atoms with Gasteiger partial charge in [-0.15, -0.1) is 0 Å². The second-order valence-electron chi connectivity index (χ2n) is 13.6. The van der Waals surface area contributed by atoms with Gasteiger partial charge < -0.3 is 54.4 Å². The highest BCUT2D eigenvalue weighted by Crippen LogP contribution is 2.33. The molecule has 0 bridgehead atoms. The molecule has 6 N–H and O–H groups in total. The van der Waals surface area contributed by atoms with E-state index in [0.29, 0.717) is 19.3 Å². The van der Waals surface area contributed by atoms with Crippen LogP contribution in [-0.4, -0.2) is 139 Å². The second-order valence-corrected chi connectivity index (χ2v) is 14.7. The molecule has 280 valence electrons. The van der Waals surface area contributed by atoms with Gasteiger partial charge in [-0.05, 0) is 54.4 Å². The Balaban J connectivity index is 2.37. The van der Waals surface area contributed by atoms with E-state index in [2.05, 4.69) is 19.6 Å². The molecule has 2 aliphatic rings. The van der Waals surface area contributed by atoms with E-state index in [0.717, 1.165) is 0 Å². The van der Waals surface area contributed by atoms with Crippen molar-refractivity contribution in [3.63, 3.8) is 0 Å². The van der Waals surface area contributed by atoms with Crippen molar-refractivity contribution in [3.8, 4) is 0 Å². The molecule has 19 heteroatoms. The minimum Gasteiger partial charge on any atom is -0.469 e. The van der Waals surface area contributed by atoms with Gasteiger partial charge in [0, 0.05) is 19.9 Å². The number of aliphatic hydroxyl groups excluding tert-OH is 3. The van der Waals surface area contributed by atoms with E-state index >= 15 is 0 Å². The Morgan fingerprint density at radius 1 is 0.833 bits per heavy atom. The van der Waals surface area contributed by atoms with Gasteiger partial charge in [-0.3, -0.25) is 18.9 Å². The molecule has 2 fully saturated rings. The third kappa shape index (κ3) is 13.7. The molecule has 0 aromatic heterocycles. The SMILES string of the molecule is COC(=O)CCCCCNC(=O)C1OC(OC2C(O)C(COS(=O)(=O)O)OC(OC(C)(C)C)C2NC(C)=O)C(O)C(O)C1OC(C)(C)C. The Morgan fingerprint density at radius 2 is 1.46 bits per heavy atom. The molecule has 48 heavy (non-hydrogen) atoms. The number of ether oxygens (including phenoxy) is 6. The monoisotopic (exact) mass is 716 g/mol. The van der Waals surface area contributed by atoms with E-state index in [9.17, 15) is 38.1 Å². The average Bonchev–Trinajstić information content (AvgIpc) is 2.94. The van der Waals surface area contributed by atoms with Crippen LogP contribution in [0.3, 0.4) is 0 Å². The molecule has 10 unspecified atom stereocenters. The lowest BCUT2D eigenvalue weighted by atomic mass is 9.94. The summed E-state index contributed by atoms with van der Waals surface area (Å²) in [6.45, 7) is 10.4. The third-order valence-electron chi connectivity index (χ3n) is 7.06. The first kappa shape index (κ1) is 42.1. The standard InChI is InChI=1S/C29H52N2O16S/c1-15(32)31-18-22(19(34)16(14-42-48(38,39)40)43-26(18)47-29(5,6)7)44-27-21(36)20(35)23(46-28(2,3)4)24(45-27)25(37)30-13-11-9-10-12-17(33)41-8/h16,18-24,26-27,34-36H,9-14H2,1-8H3,(H,30,37)(H,31,32)(H,38,39,40). The fraction of sp³-hybridized carbons (Fsp3) is 0.897. The molecular formula is C29H52N2O16S. The van der Waals surface area contributed by atoms with Crippen molar-refractivity contribution < 1.29 is 75.3 Å². The maximum absolute atomic E-state index is 13.4. The van der Waals surface area contributed by atoms with Gasteiger partial charge in [0.1, 0.15) is 42.7 Å². The molecule has 2 aliphatic heterocycles. The van der Waals surface area contributed by atoms with Crippen molar-refractivity contribution in [2.75, 3.05) is 20.3 Å². The quantitative estimate of drug-likeness (QED) is 0.0680. The summed E-state index contributed by atoms with van der Waals surface area (Å²) in [4.78, 5) is 37.0. The molecule has 0 saturated carbocycles. The molecule has 0 spiro atoms. The lowest BCUT2D eigenvalue weighted by Gasteiger charge is -2.49. The van der Waals surface area contributed by atoms with Crippen LogP contribution in [-0.2, 0) is 57.4 Å². The van der Waals surface area contributed by atoms with Crippen LogP contribution in [0.15, 0.2) is 0 Å². The zero-order valence-electron chi connectivity index (χ0n) is 28.6. The predicted octanol–water partition coefficient (Wildman–Crippen LogP) is -0.923. The molecule has 2 heterocycles. The first-order valence-corrected chi connectivity index (χ1v) is 17.0. The summed E-state index contributed by atoms with van der Waals surface area (Å²) in [5, 5.41) is 38.9. The van der Waals surface area contributed by atoms with Gasteiger partial charge >= 0.3 is 16.4 Å². The Hall–Kier alpha value is -2.04. The molecule has 2 rings (SSSR count). The number of nitrogens with one attached hydrogen (secondary N) is 2. The van der Waals surface area contributed by atoms with Gasteiger partial charge in [0.2, 0.25) is 5.91 Å². The van der Waals surface area contributed by atoms with Crippen molar-refractivity contribution in [1.82, 2.24) is 10.6 Å². The van der Waals surface area contributed by atoms with Crippen LogP contribution < -0.4 is 10.6 Å². The van der Waals surface area contributed by atoms with Gasteiger partial charge in [0.25, 0.3) is 5.91 Å². The van der Waals surface area contributed by atoms with Gasteiger partial charge in [-0.2, -0.15) is 8.42 Å². The summed E-state index contributed by atoms with van der Waals surface area (Å²) in [5.74, 6) is -1.66. The molecule has 10 atom stereocenters. The van der Waals surface area contributed by atoms with Gasteiger partial charge in [0.05, 0.1) is 24.9 Å². The first-order valence-electron chi connectivity index (χ1n) is 15.6. The highest BCUT2D eigenvalue weighted by Gasteiger charge is 2.54. The summed E-state index contributed by atoms with van der Waals surface area (Å²) in [7, 11) is -3.67. The second kappa shape index (κ2) is 17.8. The summed E-state index contributed by atoms with van der Waals surface area (Å²) < 4.78 is 70.3. The van der Waals surface area contributed by atoms with Crippen molar-refractivity contribution in [2.45, 2.75) is 147 Å². The van der Waals surface area contributed by atoms with Crippen LogP contribution in [0.5, 0.6) is 0 Å². The zero-order chi connectivity index (χ0) is 36.6. The minimum absolute atomic E-state index is 0.177. The fourth-order valence-corrected chi connectivity index (χ4v) is 5.35. The fourth-order valence-electron chi connectivity index (χ4n) is 5.05. The number of carbonyl (C=O) groups excluding carboxylic acids is 3. The highest BCUT2D eigenvalue weighted by molar-refractivity contribution is 7.80. The normalized spacial score (nSPS) is 31.6. The van der Waals surface area contributed by atoms with Gasteiger partial charge in [-0.25, -0.2) is 4.18 Å². The number of amides is 2. The van der Waals surface area contributed by atoms with Gasteiger partial charge in [0.15, 0.2) is 18.7 Å². The number of hydrogen-bond acceptors (Lipinski definition) is 15. The number of methoxy groups -OCH3 is 1. The topological polar surface area (TPSA) is 255 Å². The molecule has 0 radical (unpaired) electrons. The van der Waals surface area contributed by atoms with E-state index in [1.807, 2.05) is 0 Å². The van der Waals surface area contributed by atoms with Crippen molar-refractivity contribution >= 4 is 28.2 Å². The van der Waals surface area contributed by atoms with Crippen LogP contribution in [0.4, 0.5) is 0 Å². The number of unbranched alkanes of at least 4 members (excludes halogenated alkanes) is 2.